The van der Waals surface area contributed by atoms with Crippen LogP contribution < -0.4 is 10.6 Å². The fourth-order valence-electron chi connectivity index (χ4n) is 4.81. The predicted octanol–water partition coefficient (Wildman–Crippen LogP) is 3.74. The van der Waals surface area contributed by atoms with E-state index in [9.17, 15) is 9.59 Å². The van der Waals surface area contributed by atoms with E-state index in [1.807, 2.05) is 35.2 Å². The van der Waals surface area contributed by atoms with Gasteiger partial charge in [-0.05, 0) is 62.6 Å². The van der Waals surface area contributed by atoms with Gasteiger partial charge >= 0.3 is 0 Å². The molecular formula is C24H38ClN3O2. The molecule has 3 unspecified atom stereocenters. The van der Waals surface area contributed by atoms with E-state index in [0.717, 1.165) is 51.0 Å². The lowest BCUT2D eigenvalue weighted by Gasteiger charge is -2.35. The van der Waals surface area contributed by atoms with Crippen molar-refractivity contribution in [2.45, 2.75) is 64.3 Å². The number of hydrogen-bond acceptors (Lipinski definition) is 3. The lowest BCUT2D eigenvalue weighted by Crippen LogP contribution is -2.48. The summed E-state index contributed by atoms with van der Waals surface area (Å²) in [5.41, 5.74) is 1.10. The highest BCUT2D eigenvalue weighted by Gasteiger charge is 2.29. The van der Waals surface area contributed by atoms with Crippen LogP contribution in [0.25, 0.3) is 0 Å². The third-order valence-electron chi connectivity index (χ3n) is 6.73. The van der Waals surface area contributed by atoms with Crippen LogP contribution >= 0.6 is 12.4 Å². The van der Waals surface area contributed by atoms with Crippen molar-refractivity contribution in [1.82, 2.24) is 15.5 Å². The monoisotopic (exact) mass is 435 g/mol. The molecule has 0 saturated carbocycles. The zero-order chi connectivity index (χ0) is 20.6. The Bertz CT molecular complexity index is 656. The van der Waals surface area contributed by atoms with Crippen LogP contribution in [-0.2, 0) is 9.59 Å². The number of likely N-dealkylation sites (tertiary alicyclic amines) is 1. The van der Waals surface area contributed by atoms with E-state index in [1.54, 1.807) is 0 Å². The second-order valence-corrected chi connectivity index (χ2v) is 8.83. The summed E-state index contributed by atoms with van der Waals surface area (Å²) in [5, 5.41) is 6.67. The molecule has 0 aliphatic carbocycles. The molecule has 1 aromatic carbocycles. The van der Waals surface area contributed by atoms with Crippen LogP contribution in [0.15, 0.2) is 30.3 Å². The van der Waals surface area contributed by atoms with Crippen molar-refractivity contribution in [3.63, 3.8) is 0 Å². The molecule has 2 amide bonds. The first-order valence-electron chi connectivity index (χ1n) is 11.4. The normalized spacial score (nSPS) is 21.9. The van der Waals surface area contributed by atoms with Crippen molar-refractivity contribution in [3.05, 3.63) is 35.9 Å². The molecular weight excluding hydrogens is 398 g/mol. The average Bonchev–Trinajstić information content (AvgIpc) is 2.76. The van der Waals surface area contributed by atoms with Crippen LogP contribution in [0, 0.1) is 11.8 Å². The molecule has 3 atom stereocenters. The number of hydrogen-bond donors (Lipinski definition) is 2. The third kappa shape index (κ3) is 6.71. The van der Waals surface area contributed by atoms with E-state index in [4.69, 9.17) is 0 Å². The number of benzene rings is 1. The van der Waals surface area contributed by atoms with Gasteiger partial charge in [0.15, 0.2) is 0 Å². The second kappa shape index (κ2) is 12.3. The molecule has 30 heavy (non-hydrogen) atoms. The number of rotatable bonds is 7. The van der Waals surface area contributed by atoms with Crippen LogP contribution in [0.3, 0.4) is 0 Å². The molecule has 2 saturated heterocycles. The molecule has 2 fully saturated rings. The first-order chi connectivity index (χ1) is 14.1. The summed E-state index contributed by atoms with van der Waals surface area (Å²) in [6, 6.07) is 10.3. The van der Waals surface area contributed by atoms with Crippen LogP contribution in [0.5, 0.6) is 0 Å². The smallest absolute Gasteiger partial charge is 0.230 e. The average molecular weight is 436 g/mol. The summed E-state index contributed by atoms with van der Waals surface area (Å²) >= 11 is 0. The van der Waals surface area contributed by atoms with Gasteiger partial charge in [-0.15, -0.1) is 12.4 Å². The van der Waals surface area contributed by atoms with Crippen LogP contribution in [0.1, 0.15) is 63.9 Å². The number of carbonyl (C=O) groups is 2. The van der Waals surface area contributed by atoms with E-state index in [1.165, 1.54) is 12.8 Å². The van der Waals surface area contributed by atoms with Crippen molar-refractivity contribution in [2.75, 3.05) is 26.2 Å². The third-order valence-corrected chi connectivity index (χ3v) is 6.73. The Hall–Kier alpha value is -1.59. The van der Waals surface area contributed by atoms with Gasteiger partial charge < -0.3 is 15.5 Å². The maximum absolute atomic E-state index is 13.0. The Morgan fingerprint density at radius 2 is 1.87 bits per heavy atom. The topological polar surface area (TPSA) is 61.4 Å². The van der Waals surface area contributed by atoms with Crippen molar-refractivity contribution in [2.24, 2.45) is 11.8 Å². The molecule has 2 aliphatic rings. The fourth-order valence-corrected chi connectivity index (χ4v) is 4.81. The van der Waals surface area contributed by atoms with E-state index in [0.29, 0.717) is 18.3 Å². The highest BCUT2D eigenvalue weighted by atomic mass is 35.5. The van der Waals surface area contributed by atoms with Crippen LogP contribution in [0.2, 0.25) is 0 Å². The highest BCUT2D eigenvalue weighted by Crippen LogP contribution is 2.25. The quantitative estimate of drug-likeness (QED) is 0.685. The molecule has 2 aliphatic heterocycles. The number of carbonyl (C=O) groups excluding carboxylic acids is 2. The molecule has 0 spiro atoms. The van der Waals surface area contributed by atoms with Crippen molar-refractivity contribution >= 4 is 24.2 Å². The van der Waals surface area contributed by atoms with E-state index in [2.05, 4.69) is 24.5 Å². The van der Waals surface area contributed by atoms with Gasteiger partial charge in [0, 0.05) is 25.6 Å². The Labute approximate surface area is 187 Å². The number of nitrogens with one attached hydrogen (secondary N) is 2. The van der Waals surface area contributed by atoms with E-state index >= 15 is 0 Å². The molecule has 2 N–H and O–H groups in total. The van der Waals surface area contributed by atoms with Gasteiger partial charge in [0.05, 0.1) is 5.92 Å². The lowest BCUT2D eigenvalue weighted by atomic mass is 9.85. The van der Waals surface area contributed by atoms with Gasteiger partial charge in [0.2, 0.25) is 11.8 Å². The van der Waals surface area contributed by atoms with Crippen molar-refractivity contribution < 1.29 is 9.59 Å². The molecule has 1 aromatic rings. The summed E-state index contributed by atoms with van der Waals surface area (Å²) in [6.07, 6.45) is 5.56. The number of amides is 2. The van der Waals surface area contributed by atoms with Gasteiger partial charge in [0.1, 0.15) is 0 Å². The largest absolute Gasteiger partial charge is 0.353 e. The van der Waals surface area contributed by atoms with Gasteiger partial charge in [-0.3, -0.25) is 9.59 Å². The number of nitrogens with zero attached hydrogens (tertiary/aromatic N) is 1. The standard InChI is InChI=1S/C24H37N3O2.ClH/c1-3-22(19-8-5-4-6-9-19)24(29)27-14-11-21(12-15-27)26-23(28)16-18(2)20-10-7-13-25-17-20;/h4-6,8-9,18,20-22,25H,3,7,10-17H2,1-2H3,(H,26,28);1H. The molecule has 2 heterocycles. The van der Waals surface area contributed by atoms with Crippen LogP contribution in [0.4, 0.5) is 0 Å². The Balaban J connectivity index is 0.00000320. The van der Waals surface area contributed by atoms with Gasteiger partial charge in [-0.1, -0.05) is 44.2 Å². The summed E-state index contributed by atoms with van der Waals surface area (Å²) < 4.78 is 0. The predicted molar refractivity (Wildman–Crippen MR) is 124 cm³/mol. The highest BCUT2D eigenvalue weighted by molar-refractivity contribution is 5.85. The van der Waals surface area contributed by atoms with E-state index < -0.39 is 0 Å². The lowest BCUT2D eigenvalue weighted by molar-refractivity contribution is -0.134. The van der Waals surface area contributed by atoms with Gasteiger partial charge in [-0.2, -0.15) is 0 Å². The second-order valence-electron chi connectivity index (χ2n) is 8.83. The van der Waals surface area contributed by atoms with Crippen molar-refractivity contribution in [1.29, 1.82) is 0 Å². The SMILES string of the molecule is CCC(C(=O)N1CCC(NC(=O)CC(C)C2CCCNC2)CC1)c1ccccc1.Cl. The molecule has 0 aromatic heterocycles. The molecule has 6 heteroatoms. The summed E-state index contributed by atoms with van der Waals surface area (Å²) in [6.45, 7) is 7.88. The Morgan fingerprint density at radius 3 is 2.47 bits per heavy atom. The fraction of sp³-hybridized carbons (Fsp3) is 0.667. The van der Waals surface area contributed by atoms with E-state index in [-0.39, 0.29) is 36.2 Å². The number of piperidine rings is 2. The molecule has 168 valence electrons. The maximum atomic E-state index is 13.0. The maximum Gasteiger partial charge on any atom is 0.230 e. The van der Waals surface area contributed by atoms with Gasteiger partial charge in [-0.25, -0.2) is 0 Å². The number of halogens is 1. The summed E-state index contributed by atoms with van der Waals surface area (Å²) in [5.74, 6) is 1.36. The first kappa shape index (κ1) is 24.7. The Kier molecular flexibility index (Phi) is 10.1. The molecule has 0 bridgehead atoms. The van der Waals surface area contributed by atoms with Crippen molar-refractivity contribution in [3.8, 4) is 0 Å². The Morgan fingerprint density at radius 1 is 1.17 bits per heavy atom. The minimum absolute atomic E-state index is 0. The molecule has 0 radical (unpaired) electrons. The first-order valence-corrected chi connectivity index (χ1v) is 11.4. The molecule has 3 rings (SSSR count). The zero-order valence-electron chi connectivity index (χ0n) is 18.4. The summed E-state index contributed by atoms with van der Waals surface area (Å²) in [4.78, 5) is 27.5. The zero-order valence-corrected chi connectivity index (χ0v) is 19.3. The minimum atomic E-state index is -0.0627. The molecule has 5 nitrogen and oxygen atoms in total. The minimum Gasteiger partial charge on any atom is -0.353 e. The summed E-state index contributed by atoms with van der Waals surface area (Å²) in [7, 11) is 0. The van der Waals surface area contributed by atoms with Gasteiger partial charge in [0.25, 0.3) is 0 Å². The van der Waals surface area contributed by atoms with Crippen LogP contribution in [-0.4, -0.2) is 48.9 Å².